The topological polar surface area (TPSA) is 75.0 Å². The quantitative estimate of drug-likeness (QED) is 0.177. The SMILES string of the molecule is c1ccc(C2=NC(c3cnc(-n4c5ccccc5c5cc6c7ccccc7n(-c7ccccc7)c6cc54)[nH]3)NC(c3ccccc3)N2)cc1. The second kappa shape index (κ2) is 11.1. The first kappa shape index (κ1) is 27.7. The molecule has 2 atom stereocenters. The maximum absolute atomic E-state index is 5.14. The maximum atomic E-state index is 5.14. The molecule has 0 radical (unpaired) electrons. The molecule has 0 fully saturated rings. The van der Waals surface area contributed by atoms with Crippen LogP contribution in [-0.4, -0.2) is 24.9 Å². The lowest BCUT2D eigenvalue weighted by Crippen LogP contribution is -2.45. The number of hydrogen-bond acceptors (Lipinski definition) is 4. The lowest BCUT2D eigenvalue weighted by molar-refractivity contribution is 0.404. The number of aliphatic imine (C=N–C) groups is 1. The Balaban J connectivity index is 1.16. The fourth-order valence-electron chi connectivity index (χ4n) is 7.37. The zero-order valence-corrected chi connectivity index (χ0v) is 26.5. The van der Waals surface area contributed by atoms with E-state index < -0.39 is 0 Å². The second-order valence-corrected chi connectivity index (χ2v) is 12.5. The van der Waals surface area contributed by atoms with Crippen molar-refractivity contribution in [1.82, 2.24) is 29.7 Å². The van der Waals surface area contributed by atoms with Gasteiger partial charge in [0.25, 0.3) is 0 Å². The number of imidazole rings is 1. The van der Waals surface area contributed by atoms with Crippen molar-refractivity contribution < 1.29 is 0 Å². The summed E-state index contributed by atoms with van der Waals surface area (Å²) in [6.45, 7) is 0. The highest BCUT2D eigenvalue weighted by molar-refractivity contribution is 6.19. The Morgan fingerprint density at radius 2 is 1.12 bits per heavy atom. The first-order valence-electron chi connectivity index (χ1n) is 16.6. The molecule has 2 unspecified atom stereocenters. The van der Waals surface area contributed by atoms with Crippen molar-refractivity contribution in [1.29, 1.82) is 0 Å². The first-order chi connectivity index (χ1) is 24.3. The highest BCUT2D eigenvalue weighted by Gasteiger charge is 2.27. The summed E-state index contributed by atoms with van der Waals surface area (Å²) >= 11 is 0. The van der Waals surface area contributed by atoms with E-state index in [9.17, 15) is 0 Å². The van der Waals surface area contributed by atoms with E-state index in [2.05, 4.69) is 152 Å². The Bertz CT molecular complexity index is 2670. The van der Waals surface area contributed by atoms with E-state index in [0.29, 0.717) is 0 Å². The van der Waals surface area contributed by atoms with E-state index in [1.807, 2.05) is 30.5 Å². The van der Waals surface area contributed by atoms with Gasteiger partial charge in [0.2, 0.25) is 5.95 Å². The number of nitrogens with zero attached hydrogens (tertiary/aromatic N) is 4. The molecular formula is C42H31N7. The molecule has 0 spiro atoms. The predicted molar refractivity (Wildman–Crippen MR) is 198 cm³/mol. The smallest absolute Gasteiger partial charge is 0.212 e. The molecule has 49 heavy (non-hydrogen) atoms. The molecule has 0 aliphatic carbocycles. The molecule has 4 heterocycles. The van der Waals surface area contributed by atoms with Crippen LogP contribution in [0.3, 0.4) is 0 Å². The van der Waals surface area contributed by atoms with Crippen molar-refractivity contribution >= 4 is 49.4 Å². The van der Waals surface area contributed by atoms with Crippen LogP contribution < -0.4 is 10.6 Å². The molecule has 1 aliphatic heterocycles. The Morgan fingerprint density at radius 1 is 0.531 bits per heavy atom. The lowest BCUT2D eigenvalue weighted by atomic mass is 10.1. The van der Waals surface area contributed by atoms with Crippen LogP contribution in [0.4, 0.5) is 0 Å². The number of aromatic nitrogens is 4. The third kappa shape index (κ3) is 4.47. The van der Waals surface area contributed by atoms with Crippen LogP contribution in [0.15, 0.2) is 163 Å². The largest absolute Gasteiger partial charge is 0.350 e. The molecule has 234 valence electrons. The monoisotopic (exact) mass is 633 g/mol. The molecule has 0 amide bonds. The highest BCUT2D eigenvalue weighted by atomic mass is 15.3. The van der Waals surface area contributed by atoms with Crippen LogP contribution in [0.1, 0.15) is 29.2 Å². The van der Waals surface area contributed by atoms with Gasteiger partial charge in [-0.3, -0.25) is 9.88 Å². The second-order valence-electron chi connectivity index (χ2n) is 12.5. The van der Waals surface area contributed by atoms with Gasteiger partial charge in [-0.2, -0.15) is 0 Å². The number of para-hydroxylation sites is 3. The molecule has 3 aromatic heterocycles. The van der Waals surface area contributed by atoms with E-state index in [4.69, 9.17) is 9.98 Å². The van der Waals surface area contributed by atoms with Gasteiger partial charge in [0.05, 0.1) is 34.0 Å². The molecule has 3 N–H and O–H groups in total. The van der Waals surface area contributed by atoms with Crippen LogP contribution in [0.2, 0.25) is 0 Å². The summed E-state index contributed by atoms with van der Waals surface area (Å²) in [6.07, 6.45) is 1.43. The van der Waals surface area contributed by atoms with Crippen molar-refractivity contribution in [3.05, 3.63) is 175 Å². The summed E-state index contributed by atoms with van der Waals surface area (Å²) in [5, 5.41) is 12.1. The van der Waals surface area contributed by atoms with Crippen LogP contribution in [0.5, 0.6) is 0 Å². The average Bonchev–Trinajstić information content (AvgIpc) is 3.87. The van der Waals surface area contributed by atoms with E-state index in [1.54, 1.807) is 0 Å². The van der Waals surface area contributed by atoms with Gasteiger partial charge in [-0.15, -0.1) is 0 Å². The van der Waals surface area contributed by atoms with Crippen molar-refractivity contribution in [3.8, 4) is 11.6 Å². The molecule has 7 nitrogen and oxygen atoms in total. The fraction of sp³-hybridized carbons (Fsp3) is 0.0476. The maximum Gasteiger partial charge on any atom is 0.212 e. The summed E-state index contributed by atoms with van der Waals surface area (Å²) < 4.78 is 4.61. The number of nitrogens with one attached hydrogen (secondary N) is 3. The van der Waals surface area contributed by atoms with Gasteiger partial charge >= 0.3 is 0 Å². The summed E-state index contributed by atoms with van der Waals surface area (Å²) in [4.78, 5) is 13.8. The number of H-pyrrole nitrogens is 1. The van der Waals surface area contributed by atoms with E-state index >= 15 is 0 Å². The van der Waals surface area contributed by atoms with E-state index in [-0.39, 0.29) is 12.3 Å². The molecule has 7 heteroatoms. The molecule has 0 saturated carbocycles. The third-order valence-corrected chi connectivity index (χ3v) is 9.61. The zero-order valence-electron chi connectivity index (χ0n) is 26.5. The first-order valence-corrected chi connectivity index (χ1v) is 16.6. The Labute approximate surface area is 282 Å². The molecule has 0 bridgehead atoms. The number of rotatable bonds is 5. The molecular weight excluding hydrogens is 603 g/mol. The Morgan fingerprint density at radius 3 is 1.84 bits per heavy atom. The van der Waals surface area contributed by atoms with Gasteiger partial charge in [-0.05, 0) is 42.0 Å². The molecule has 9 aromatic rings. The van der Waals surface area contributed by atoms with Crippen molar-refractivity contribution in [3.63, 3.8) is 0 Å². The van der Waals surface area contributed by atoms with Crippen LogP contribution in [0.25, 0.3) is 55.2 Å². The van der Waals surface area contributed by atoms with Crippen molar-refractivity contribution in [2.24, 2.45) is 4.99 Å². The Kier molecular flexibility index (Phi) is 6.25. The van der Waals surface area contributed by atoms with Crippen LogP contribution in [0, 0.1) is 0 Å². The number of aromatic amines is 1. The summed E-state index contributed by atoms with van der Waals surface area (Å²) in [6, 6.07) is 53.2. The lowest BCUT2D eigenvalue weighted by Gasteiger charge is -2.31. The van der Waals surface area contributed by atoms with Gasteiger partial charge in [-0.1, -0.05) is 115 Å². The molecule has 0 saturated heterocycles. The average molecular weight is 634 g/mol. The van der Waals surface area contributed by atoms with Crippen molar-refractivity contribution in [2.75, 3.05) is 0 Å². The molecule has 6 aromatic carbocycles. The third-order valence-electron chi connectivity index (χ3n) is 9.61. The van der Waals surface area contributed by atoms with Gasteiger partial charge in [0, 0.05) is 32.8 Å². The molecule has 1 aliphatic rings. The molecule has 10 rings (SSSR count). The van der Waals surface area contributed by atoms with Gasteiger partial charge in [0.15, 0.2) is 0 Å². The summed E-state index contributed by atoms with van der Waals surface area (Å²) in [7, 11) is 0. The number of hydrogen-bond donors (Lipinski definition) is 3. The number of amidine groups is 1. The predicted octanol–water partition coefficient (Wildman–Crippen LogP) is 8.94. The van der Waals surface area contributed by atoms with Crippen LogP contribution in [-0.2, 0) is 0 Å². The van der Waals surface area contributed by atoms with Crippen LogP contribution >= 0.6 is 0 Å². The van der Waals surface area contributed by atoms with Gasteiger partial charge < -0.3 is 14.9 Å². The summed E-state index contributed by atoms with van der Waals surface area (Å²) in [5.41, 5.74) is 8.71. The number of benzene rings is 6. The normalized spacial score (nSPS) is 16.4. The minimum absolute atomic E-state index is 0.132. The highest BCUT2D eigenvalue weighted by Crippen LogP contribution is 2.39. The summed E-state index contributed by atoms with van der Waals surface area (Å²) in [5.74, 6) is 1.58. The van der Waals surface area contributed by atoms with Gasteiger partial charge in [-0.25, -0.2) is 9.98 Å². The minimum atomic E-state index is -0.344. The number of fused-ring (bicyclic) bond motifs is 6. The van der Waals surface area contributed by atoms with Gasteiger partial charge in [0.1, 0.15) is 18.2 Å². The minimum Gasteiger partial charge on any atom is -0.350 e. The van der Waals surface area contributed by atoms with E-state index in [0.717, 1.165) is 50.8 Å². The zero-order chi connectivity index (χ0) is 32.3. The Hall–Kier alpha value is -6.44. The van der Waals surface area contributed by atoms with Crippen molar-refractivity contribution in [2.45, 2.75) is 12.3 Å². The fourth-order valence-corrected chi connectivity index (χ4v) is 7.37. The van der Waals surface area contributed by atoms with E-state index in [1.165, 1.54) is 27.1 Å². The standard InChI is InChI=1S/C42H31N7/c1-4-14-27(15-5-1)39-45-40(28-16-6-2-7-17-28)47-41(46-39)34-26-43-42(44-34)49-36-23-13-11-21-31(36)33-24-32-30-20-10-12-22-35(30)48(37(32)25-38(33)49)29-18-8-3-9-19-29/h1-26,39,41,46H,(H,43,44)(H,45,47).